The quantitative estimate of drug-likeness (QED) is 0.575. The summed E-state index contributed by atoms with van der Waals surface area (Å²) in [5, 5.41) is 3.17. The number of thiophene rings is 1. The van der Waals surface area contributed by atoms with E-state index in [1.165, 1.54) is 5.56 Å². The summed E-state index contributed by atoms with van der Waals surface area (Å²) in [5.74, 6) is 0.236. The van der Waals surface area contributed by atoms with Crippen LogP contribution in [0.5, 0.6) is 0 Å². The lowest BCUT2D eigenvalue weighted by Crippen LogP contribution is -2.29. The highest BCUT2D eigenvalue weighted by molar-refractivity contribution is 7.14. The lowest BCUT2D eigenvalue weighted by Gasteiger charge is -2.21. The van der Waals surface area contributed by atoms with Gasteiger partial charge in [0.25, 0.3) is 0 Å². The summed E-state index contributed by atoms with van der Waals surface area (Å²) in [6.07, 6.45) is 1.59. The van der Waals surface area contributed by atoms with Crippen molar-refractivity contribution in [1.82, 2.24) is 0 Å². The van der Waals surface area contributed by atoms with Crippen LogP contribution in [0.25, 0.3) is 0 Å². The molecule has 1 aromatic heterocycles. The summed E-state index contributed by atoms with van der Waals surface area (Å²) in [6, 6.07) is 2.10. The third kappa shape index (κ3) is 0.959. The van der Waals surface area contributed by atoms with Gasteiger partial charge in [0.15, 0.2) is 0 Å². The van der Waals surface area contributed by atoms with Crippen LogP contribution < -0.4 is 4.90 Å². The normalized spacial score (nSPS) is 16.8. The fraction of sp³-hybridized carbons (Fsp3) is 0.375. The molecule has 0 unspecified atom stereocenters. The van der Waals surface area contributed by atoms with E-state index in [9.17, 15) is 4.79 Å². The Kier molecular flexibility index (Phi) is 1.46. The molecular formula is C8H9NOS. The van der Waals surface area contributed by atoms with Crippen molar-refractivity contribution in [2.45, 2.75) is 12.8 Å². The van der Waals surface area contributed by atoms with Crippen LogP contribution in [0, 0.1) is 0 Å². The molecule has 58 valence electrons. The molecule has 3 heteroatoms. The van der Waals surface area contributed by atoms with Crippen LogP contribution in [0.15, 0.2) is 11.4 Å². The number of rotatable bonds is 0. The summed E-state index contributed by atoms with van der Waals surface area (Å²) in [6.45, 7) is 0. The number of fused-ring (bicyclic) bond motifs is 1. The van der Waals surface area contributed by atoms with Crippen molar-refractivity contribution >= 4 is 22.2 Å². The van der Waals surface area contributed by atoms with Crippen LogP contribution >= 0.6 is 11.3 Å². The van der Waals surface area contributed by atoms with E-state index in [1.807, 2.05) is 12.4 Å². The van der Waals surface area contributed by atoms with E-state index in [0.717, 1.165) is 11.4 Å². The fourth-order valence-corrected chi connectivity index (χ4v) is 2.28. The molecule has 0 atom stereocenters. The summed E-state index contributed by atoms with van der Waals surface area (Å²) >= 11 is 1.64. The molecular weight excluding hydrogens is 158 g/mol. The van der Waals surface area contributed by atoms with Crippen LogP contribution in [-0.2, 0) is 11.2 Å². The minimum Gasteiger partial charge on any atom is -0.307 e. The molecule has 2 heterocycles. The maximum Gasteiger partial charge on any atom is 0.227 e. The summed E-state index contributed by atoms with van der Waals surface area (Å²) in [5.41, 5.74) is 1.32. The zero-order chi connectivity index (χ0) is 7.84. The van der Waals surface area contributed by atoms with Crippen LogP contribution in [0.2, 0.25) is 0 Å². The highest BCUT2D eigenvalue weighted by Crippen LogP contribution is 2.31. The standard InChI is InChI=1S/C8H9NOS/c1-9-7(10)3-2-6-4-5-11-8(6)9/h4-5H,2-3H2,1H3. The summed E-state index contributed by atoms with van der Waals surface area (Å²) < 4.78 is 0. The number of nitrogens with zero attached hydrogens (tertiary/aromatic N) is 1. The average molecular weight is 167 g/mol. The predicted molar refractivity (Wildman–Crippen MR) is 46.1 cm³/mol. The molecule has 2 nitrogen and oxygen atoms in total. The molecule has 11 heavy (non-hydrogen) atoms. The number of anilines is 1. The van der Waals surface area contributed by atoms with Gasteiger partial charge in [0.2, 0.25) is 5.91 Å². The Labute approximate surface area is 69.4 Å². The van der Waals surface area contributed by atoms with Gasteiger partial charge in [-0.3, -0.25) is 4.79 Å². The van der Waals surface area contributed by atoms with Crippen molar-refractivity contribution in [1.29, 1.82) is 0 Å². The Balaban J connectivity index is 2.45. The molecule has 0 bridgehead atoms. The smallest absolute Gasteiger partial charge is 0.227 e. The zero-order valence-electron chi connectivity index (χ0n) is 6.33. The van der Waals surface area contributed by atoms with Gasteiger partial charge in [0.05, 0.1) is 0 Å². The third-order valence-corrected chi connectivity index (χ3v) is 3.04. The molecule has 0 aliphatic carbocycles. The van der Waals surface area contributed by atoms with Crippen molar-refractivity contribution in [3.05, 3.63) is 17.0 Å². The van der Waals surface area contributed by atoms with Gasteiger partial charge in [0.1, 0.15) is 5.00 Å². The Morgan fingerprint density at radius 1 is 1.55 bits per heavy atom. The monoisotopic (exact) mass is 167 g/mol. The zero-order valence-corrected chi connectivity index (χ0v) is 7.15. The number of carbonyl (C=O) groups is 1. The van der Waals surface area contributed by atoms with Crippen LogP contribution in [0.3, 0.4) is 0 Å². The number of hydrogen-bond acceptors (Lipinski definition) is 2. The van der Waals surface area contributed by atoms with Crippen molar-refractivity contribution < 1.29 is 4.79 Å². The first-order valence-electron chi connectivity index (χ1n) is 3.62. The van der Waals surface area contributed by atoms with Crippen molar-refractivity contribution in [2.75, 3.05) is 11.9 Å². The molecule has 0 fully saturated rings. The van der Waals surface area contributed by atoms with E-state index in [-0.39, 0.29) is 5.91 Å². The predicted octanol–water partition coefficient (Wildman–Crippen LogP) is 1.66. The SMILES string of the molecule is CN1C(=O)CCc2ccsc21. The maximum atomic E-state index is 11.2. The van der Waals surface area contributed by atoms with Crippen molar-refractivity contribution in [3.63, 3.8) is 0 Å². The topological polar surface area (TPSA) is 20.3 Å². The Bertz CT molecular complexity index is 292. The number of aryl methyl sites for hydroxylation is 1. The Morgan fingerprint density at radius 3 is 3.18 bits per heavy atom. The number of amides is 1. The van der Waals surface area contributed by atoms with E-state index >= 15 is 0 Å². The summed E-state index contributed by atoms with van der Waals surface area (Å²) in [7, 11) is 1.84. The second-order valence-electron chi connectivity index (χ2n) is 2.70. The van der Waals surface area contributed by atoms with Gasteiger partial charge >= 0.3 is 0 Å². The Morgan fingerprint density at radius 2 is 2.36 bits per heavy atom. The molecule has 0 radical (unpaired) electrons. The van der Waals surface area contributed by atoms with Crippen LogP contribution in [-0.4, -0.2) is 13.0 Å². The molecule has 0 N–H and O–H groups in total. The van der Waals surface area contributed by atoms with E-state index in [0.29, 0.717) is 6.42 Å². The summed E-state index contributed by atoms with van der Waals surface area (Å²) in [4.78, 5) is 12.9. The minimum atomic E-state index is 0.236. The number of hydrogen-bond donors (Lipinski definition) is 0. The van der Waals surface area contributed by atoms with E-state index in [4.69, 9.17) is 0 Å². The highest BCUT2D eigenvalue weighted by atomic mass is 32.1. The molecule has 0 saturated heterocycles. The molecule has 1 aromatic rings. The van der Waals surface area contributed by atoms with Gasteiger partial charge in [-0.2, -0.15) is 0 Å². The van der Waals surface area contributed by atoms with Crippen molar-refractivity contribution in [2.24, 2.45) is 0 Å². The second-order valence-corrected chi connectivity index (χ2v) is 3.60. The van der Waals surface area contributed by atoms with Gasteiger partial charge in [-0.1, -0.05) is 0 Å². The van der Waals surface area contributed by atoms with E-state index in [1.54, 1.807) is 16.2 Å². The molecule has 1 aliphatic heterocycles. The van der Waals surface area contributed by atoms with Gasteiger partial charge in [0, 0.05) is 13.5 Å². The number of carbonyl (C=O) groups excluding carboxylic acids is 1. The molecule has 1 amide bonds. The van der Waals surface area contributed by atoms with E-state index < -0.39 is 0 Å². The molecule has 0 aromatic carbocycles. The lowest BCUT2D eigenvalue weighted by atomic mass is 10.1. The van der Waals surface area contributed by atoms with Gasteiger partial charge in [-0.05, 0) is 23.4 Å². The Hall–Kier alpha value is -0.830. The molecule has 2 rings (SSSR count). The lowest BCUT2D eigenvalue weighted by molar-refractivity contribution is -0.118. The largest absolute Gasteiger partial charge is 0.307 e. The van der Waals surface area contributed by atoms with Gasteiger partial charge < -0.3 is 4.90 Å². The molecule has 0 saturated carbocycles. The minimum absolute atomic E-state index is 0.236. The first-order valence-corrected chi connectivity index (χ1v) is 4.50. The van der Waals surface area contributed by atoms with Crippen molar-refractivity contribution in [3.8, 4) is 0 Å². The average Bonchev–Trinajstić information content (AvgIpc) is 2.45. The van der Waals surface area contributed by atoms with Crippen LogP contribution in [0.1, 0.15) is 12.0 Å². The highest BCUT2D eigenvalue weighted by Gasteiger charge is 2.21. The fourth-order valence-electron chi connectivity index (χ4n) is 1.33. The maximum absolute atomic E-state index is 11.2. The first kappa shape index (κ1) is 6.85. The van der Waals surface area contributed by atoms with E-state index in [2.05, 4.69) is 6.07 Å². The molecule has 0 spiro atoms. The van der Waals surface area contributed by atoms with Crippen LogP contribution in [0.4, 0.5) is 5.00 Å². The third-order valence-electron chi connectivity index (χ3n) is 2.01. The van der Waals surface area contributed by atoms with Gasteiger partial charge in [-0.25, -0.2) is 0 Å². The first-order chi connectivity index (χ1) is 5.29. The van der Waals surface area contributed by atoms with Gasteiger partial charge in [-0.15, -0.1) is 11.3 Å². The second kappa shape index (κ2) is 2.34. The molecule has 1 aliphatic rings.